The Morgan fingerprint density at radius 3 is 2.67 bits per heavy atom. The van der Waals surface area contributed by atoms with Crippen molar-refractivity contribution in [2.45, 2.75) is 36.9 Å². The lowest BCUT2D eigenvalue weighted by Crippen LogP contribution is -2.41. The first-order valence-corrected chi connectivity index (χ1v) is 8.33. The maximum Gasteiger partial charge on any atom is 0.132 e. The number of aliphatic hydroxyl groups is 1. The number of halogens is 1. The molecule has 0 amide bonds. The SMILES string of the molecule is COc1cccc(F)c1C(O)CCN1CC(C)SC(C)C1. The molecule has 1 aromatic rings. The van der Waals surface area contributed by atoms with Crippen LogP contribution in [0.4, 0.5) is 4.39 Å². The van der Waals surface area contributed by atoms with E-state index in [0.717, 1.165) is 19.6 Å². The molecule has 0 saturated carbocycles. The molecule has 1 saturated heterocycles. The molecule has 1 aromatic carbocycles. The highest BCUT2D eigenvalue weighted by Crippen LogP contribution is 2.31. The topological polar surface area (TPSA) is 32.7 Å². The first-order valence-electron chi connectivity index (χ1n) is 7.39. The maximum absolute atomic E-state index is 13.9. The van der Waals surface area contributed by atoms with Gasteiger partial charge in [-0.05, 0) is 18.6 Å². The van der Waals surface area contributed by atoms with Gasteiger partial charge >= 0.3 is 0 Å². The first kappa shape index (κ1) is 16.6. The van der Waals surface area contributed by atoms with Gasteiger partial charge in [-0.2, -0.15) is 11.8 Å². The zero-order valence-electron chi connectivity index (χ0n) is 12.9. The van der Waals surface area contributed by atoms with Crippen molar-refractivity contribution in [3.63, 3.8) is 0 Å². The van der Waals surface area contributed by atoms with Crippen molar-refractivity contribution in [2.24, 2.45) is 0 Å². The summed E-state index contributed by atoms with van der Waals surface area (Å²) < 4.78 is 19.1. The van der Waals surface area contributed by atoms with Crippen LogP contribution in [0.5, 0.6) is 5.75 Å². The Balaban J connectivity index is 1.97. The fourth-order valence-corrected chi connectivity index (χ4v) is 4.32. The molecule has 3 unspecified atom stereocenters. The Bertz CT molecular complexity index is 462. The number of ether oxygens (including phenoxy) is 1. The van der Waals surface area contributed by atoms with E-state index in [2.05, 4.69) is 18.7 Å². The fourth-order valence-electron chi connectivity index (χ4n) is 2.93. The van der Waals surface area contributed by atoms with Crippen LogP contribution in [0.3, 0.4) is 0 Å². The van der Waals surface area contributed by atoms with Gasteiger partial charge in [-0.1, -0.05) is 19.9 Å². The van der Waals surface area contributed by atoms with Crippen LogP contribution in [0.1, 0.15) is 31.9 Å². The van der Waals surface area contributed by atoms with E-state index in [-0.39, 0.29) is 5.56 Å². The quantitative estimate of drug-likeness (QED) is 0.905. The Hall–Kier alpha value is -0.780. The standard InChI is InChI=1S/C16H24FNO2S/c1-11-9-18(10-12(2)21-11)8-7-14(19)16-13(17)5-4-6-15(16)20-3/h4-6,11-12,14,19H,7-10H2,1-3H3. The molecule has 21 heavy (non-hydrogen) atoms. The Labute approximate surface area is 130 Å². The van der Waals surface area contributed by atoms with Gasteiger partial charge in [0.15, 0.2) is 0 Å². The summed E-state index contributed by atoms with van der Waals surface area (Å²) in [5, 5.41) is 11.5. The smallest absolute Gasteiger partial charge is 0.132 e. The van der Waals surface area contributed by atoms with Gasteiger partial charge < -0.3 is 14.7 Å². The predicted octanol–water partition coefficient (Wildman–Crippen LogP) is 3.08. The van der Waals surface area contributed by atoms with Crippen molar-refractivity contribution in [1.29, 1.82) is 0 Å². The van der Waals surface area contributed by atoms with Gasteiger partial charge in [0.2, 0.25) is 0 Å². The van der Waals surface area contributed by atoms with E-state index in [1.165, 1.54) is 13.2 Å². The van der Waals surface area contributed by atoms with Gasteiger partial charge in [-0.15, -0.1) is 0 Å². The molecule has 1 N–H and O–H groups in total. The van der Waals surface area contributed by atoms with Crippen molar-refractivity contribution < 1.29 is 14.2 Å². The molecule has 3 atom stereocenters. The molecule has 1 fully saturated rings. The highest BCUT2D eigenvalue weighted by molar-refractivity contribution is 8.00. The number of hydrogen-bond acceptors (Lipinski definition) is 4. The van der Waals surface area contributed by atoms with Gasteiger partial charge in [0.05, 0.1) is 18.8 Å². The molecular formula is C16H24FNO2S. The molecule has 5 heteroatoms. The summed E-state index contributed by atoms with van der Waals surface area (Å²) in [5.41, 5.74) is 0.271. The lowest BCUT2D eigenvalue weighted by molar-refractivity contribution is 0.134. The number of aliphatic hydroxyl groups excluding tert-OH is 1. The van der Waals surface area contributed by atoms with Gasteiger partial charge in [-0.25, -0.2) is 4.39 Å². The van der Waals surface area contributed by atoms with Crippen molar-refractivity contribution >= 4 is 11.8 Å². The van der Waals surface area contributed by atoms with Crippen LogP contribution in [0.15, 0.2) is 18.2 Å². The van der Waals surface area contributed by atoms with Crippen molar-refractivity contribution in [1.82, 2.24) is 4.90 Å². The largest absolute Gasteiger partial charge is 0.496 e. The highest BCUT2D eigenvalue weighted by atomic mass is 32.2. The minimum absolute atomic E-state index is 0.271. The van der Waals surface area contributed by atoms with E-state index >= 15 is 0 Å². The Kier molecular flexibility index (Phi) is 5.90. The Morgan fingerprint density at radius 2 is 2.05 bits per heavy atom. The molecule has 0 radical (unpaired) electrons. The van der Waals surface area contributed by atoms with Crippen LogP contribution in [0, 0.1) is 5.82 Å². The monoisotopic (exact) mass is 313 g/mol. The maximum atomic E-state index is 13.9. The highest BCUT2D eigenvalue weighted by Gasteiger charge is 2.24. The Morgan fingerprint density at radius 1 is 1.38 bits per heavy atom. The van der Waals surface area contributed by atoms with E-state index in [1.807, 2.05) is 11.8 Å². The van der Waals surface area contributed by atoms with Crippen molar-refractivity contribution in [3.8, 4) is 5.75 Å². The van der Waals surface area contributed by atoms with E-state index in [4.69, 9.17) is 4.74 Å². The van der Waals surface area contributed by atoms with Crippen molar-refractivity contribution in [2.75, 3.05) is 26.7 Å². The van der Waals surface area contributed by atoms with E-state index in [1.54, 1.807) is 12.1 Å². The third-order valence-corrected chi connectivity index (χ3v) is 5.01. The predicted molar refractivity (Wildman–Crippen MR) is 85.5 cm³/mol. The first-order chi connectivity index (χ1) is 10.0. The second-order valence-corrected chi connectivity index (χ2v) is 7.56. The summed E-state index contributed by atoms with van der Waals surface area (Å²) in [6.45, 7) is 7.27. The molecule has 1 heterocycles. The van der Waals surface area contributed by atoms with Crippen LogP contribution in [-0.2, 0) is 0 Å². The molecule has 0 spiro atoms. The summed E-state index contributed by atoms with van der Waals surface area (Å²) in [7, 11) is 1.50. The second kappa shape index (κ2) is 7.47. The van der Waals surface area contributed by atoms with Gasteiger partial charge in [-0.3, -0.25) is 0 Å². The summed E-state index contributed by atoms with van der Waals surface area (Å²) in [6, 6.07) is 4.64. The molecule has 1 aliphatic rings. The second-order valence-electron chi connectivity index (χ2n) is 5.68. The summed E-state index contributed by atoms with van der Waals surface area (Å²) in [4.78, 5) is 2.35. The van der Waals surface area contributed by atoms with Gasteiger partial charge in [0, 0.05) is 30.1 Å². The molecule has 3 nitrogen and oxygen atoms in total. The third-order valence-electron chi connectivity index (χ3n) is 3.78. The van der Waals surface area contributed by atoms with Crippen LogP contribution in [0.2, 0.25) is 0 Å². The zero-order chi connectivity index (χ0) is 15.4. The zero-order valence-corrected chi connectivity index (χ0v) is 13.7. The minimum Gasteiger partial charge on any atom is -0.496 e. The average Bonchev–Trinajstić information content (AvgIpc) is 2.43. The lowest BCUT2D eigenvalue weighted by atomic mass is 10.0. The van der Waals surface area contributed by atoms with Crippen LogP contribution < -0.4 is 4.74 Å². The summed E-state index contributed by atoms with van der Waals surface area (Å²) in [6.07, 6.45) is -0.317. The number of hydrogen-bond donors (Lipinski definition) is 1. The van der Waals surface area contributed by atoms with Crippen LogP contribution in [-0.4, -0.2) is 47.3 Å². The number of rotatable bonds is 5. The molecular weight excluding hydrogens is 289 g/mol. The summed E-state index contributed by atoms with van der Waals surface area (Å²) >= 11 is 2.00. The van der Waals surface area contributed by atoms with Crippen molar-refractivity contribution in [3.05, 3.63) is 29.6 Å². The number of benzene rings is 1. The molecule has 0 aliphatic carbocycles. The number of thioether (sulfide) groups is 1. The fraction of sp³-hybridized carbons (Fsp3) is 0.625. The molecule has 0 aromatic heterocycles. The number of nitrogens with zero attached hydrogens (tertiary/aromatic N) is 1. The van der Waals surface area contributed by atoms with Gasteiger partial charge in [0.25, 0.3) is 0 Å². The molecule has 2 rings (SSSR count). The molecule has 1 aliphatic heterocycles. The normalized spacial score (nSPS) is 24.8. The molecule has 0 bridgehead atoms. The van der Waals surface area contributed by atoms with Gasteiger partial charge in [0.1, 0.15) is 11.6 Å². The average molecular weight is 313 g/mol. The van der Waals surface area contributed by atoms with E-state index < -0.39 is 11.9 Å². The van der Waals surface area contributed by atoms with Crippen LogP contribution >= 0.6 is 11.8 Å². The van der Waals surface area contributed by atoms with Crippen LogP contribution in [0.25, 0.3) is 0 Å². The number of methoxy groups -OCH3 is 1. The third kappa shape index (κ3) is 4.34. The molecule has 118 valence electrons. The summed E-state index contributed by atoms with van der Waals surface area (Å²) in [5.74, 6) is 0.0104. The minimum atomic E-state index is -0.832. The van der Waals surface area contributed by atoms with E-state index in [9.17, 15) is 9.50 Å². The lowest BCUT2D eigenvalue weighted by Gasteiger charge is -2.35. The van der Waals surface area contributed by atoms with E-state index in [0.29, 0.717) is 22.7 Å².